The van der Waals surface area contributed by atoms with Crippen molar-refractivity contribution in [3.05, 3.63) is 60.3 Å². The summed E-state index contributed by atoms with van der Waals surface area (Å²) < 4.78 is 0. The highest BCUT2D eigenvalue weighted by Gasteiger charge is 2.11. The molecule has 12 heteroatoms. The fraction of sp³-hybridized carbons (Fsp3) is 0.296. The number of anilines is 1. The van der Waals surface area contributed by atoms with Crippen LogP contribution in [0.5, 0.6) is 0 Å². The van der Waals surface area contributed by atoms with Crippen molar-refractivity contribution in [3.8, 4) is 0 Å². The number of benzene rings is 1. The molecule has 0 amide bonds. The Morgan fingerprint density at radius 2 is 1.41 bits per heavy atom. The molecule has 39 heavy (non-hydrogen) atoms. The predicted octanol–water partition coefficient (Wildman–Crippen LogP) is 3.59. The van der Waals surface area contributed by atoms with Crippen LogP contribution in [0, 0.1) is 6.92 Å². The number of carboxylic acid groups (broad SMARTS) is 4. The zero-order valence-corrected chi connectivity index (χ0v) is 22.0. The molecule has 0 aliphatic rings. The summed E-state index contributed by atoms with van der Waals surface area (Å²) >= 11 is 0. The molecule has 0 radical (unpaired) electrons. The van der Waals surface area contributed by atoms with Crippen molar-refractivity contribution < 1.29 is 39.6 Å². The lowest BCUT2D eigenvalue weighted by Crippen LogP contribution is -2.25. The molecule has 0 unspecified atom stereocenters. The van der Waals surface area contributed by atoms with E-state index < -0.39 is 23.9 Å². The predicted molar refractivity (Wildman–Crippen MR) is 148 cm³/mol. The highest BCUT2D eigenvalue weighted by atomic mass is 16.4. The third-order valence-electron chi connectivity index (χ3n) is 5.30. The standard InChI is InChI=1S/C19H26N4.2C4H4O4/c1-4-23(5-2)12-8-11-20-19-17-15-9-6-7-10-16(15)22-18(17)14(3)13-21-19;2*5-3(6)1-2-4(7)8/h6-7,9-10,13,22H,4-5,8,11-12H2,1-3H3,(H,20,21);2*1-2H,(H,5,6)(H,7,8)/b;2*2-1-. The van der Waals surface area contributed by atoms with E-state index in [0.29, 0.717) is 24.3 Å². The highest BCUT2D eigenvalue weighted by Crippen LogP contribution is 2.31. The Morgan fingerprint density at radius 3 is 1.90 bits per heavy atom. The lowest BCUT2D eigenvalue weighted by molar-refractivity contribution is -0.134. The SMILES string of the molecule is CCN(CC)CCCNc1ncc(C)c2[nH]c3ccccc3c12.O=C(O)/C=C\C(=O)O.O=C(O)/C=C\C(=O)O. The largest absolute Gasteiger partial charge is 0.478 e. The zero-order valence-electron chi connectivity index (χ0n) is 22.0. The molecule has 0 aliphatic heterocycles. The molecule has 0 atom stereocenters. The van der Waals surface area contributed by atoms with Gasteiger partial charge in [0.25, 0.3) is 0 Å². The Hall–Kier alpha value is -4.71. The Labute approximate surface area is 225 Å². The van der Waals surface area contributed by atoms with Crippen molar-refractivity contribution in [1.82, 2.24) is 14.9 Å². The average molecular weight is 543 g/mol. The molecule has 0 saturated heterocycles. The van der Waals surface area contributed by atoms with Crippen LogP contribution in [-0.2, 0) is 19.2 Å². The molecule has 12 nitrogen and oxygen atoms in total. The van der Waals surface area contributed by atoms with E-state index in [-0.39, 0.29) is 0 Å². The van der Waals surface area contributed by atoms with Gasteiger partial charge in [-0.15, -0.1) is 0 Å². The van der Waals surface area contributed by atoms with Gasteiger partial charge in [0.2, 0.25) is 0 Å². The van der Waals surface area contributed by atoms with Crippen LogP contribution in [0.3, 0.4) is 0 Å². The molecular formula is C27H34N4O8. The molecule has 3 rings (SSSR count). The molecule has 1 aromatic carbocycles. The van der Waals surface area contributed by atoms with Gasteiger partial charge in [-0.05, 0) is 44.6 Å². The summed E-state index contributed by atoms with van der Waals surface area (Å²) in [6.45, 7) is 10.8. The van der Waals surface area contributed by atoms with Gasteiger partial charge >= 0.3 is 23.9 Å². The number of aryl methyl sites for hydroxylation is 1. The van der Waals surface area contributed by atoms with Crippen molar-refractivity contribution in [1.29, 1.82) is 0 Å². The fourth-order valence-electron chi connectivity index (χ4n) is 3.44. The molecule has 0 fully saturated rings. The van der Waals surface area contributed by atoms with Crippen LogP contribution in [0.4, 0.5) is 5.82 Å². The van der Waals surface area contributed by atoms with Crippen LogP contribution in [0.1, 0.15) is 25.8 Å². The molecule has 2 aromatic heterocycles. The van der Waals surface area contributed by atoms with Crippen molar-refractivity contribution in [2.24, 2.45) is 0 Å². The van der Waals surface area contributed by atoms with Gasteiger partial charge in [-0.1, -0.05) is 32.0 Å². The molecule has 0 aliphatic carbocycles. The fourth-order valence-corrected chi connectivity index (χ4v) is 3.44. The Balaban J connectivity index is 0.000000393. The Kier molecular flexibility index (Phi) is 14.0. The summed E-state index contributed by atoms with van der Waals surface area (Å²) in [6.07, 6.45) is 5.31. The van der Waals surface area contributed by atoms with E-state index in [1.807, 2.05) is 6.20 Å². The van der Waals surface area contributed by atoms with Crippen LogP contribution in [0.2, 0.25) is 0 Å². The summed E-state index contributed by atoms with van der Waals surface area (Å²) in [5.74, 6) is -4.04. The number of nitrogens with one attached hydrogen (secondary N) is 2. The second kappa shape index (κ2) is 16.9. The van der Waals surface area contributed by atoms with E-state index in [0.717, 1.165) is 38.4 Å². The molecule has 6 N–H and O–H groups in total. The summed E-state index contributed by atoms with van der Waals surface area (Å²) in [4.78, 5) is 48.8. The number of hydrogen-bond acceptors (Lipinski definition) is 7. The maximum Gasteiger partial charge on any atom is 0.328 e. The molecule has 0 spiro atoms. The summed E-state index contributed by atoms with van der Waals surface area (Å²) in [5.41, 5.74) is 3.54. The van der Waals surface area contributed by atoms with Gasteiger partial charge in [0.15, 0.2) is 0 Å². The molecule has 0 saturated carbocycles. The summed E-state index contributed by atoms with van der Waals surface area (Å²) in [5, 5.41) is 37.2. The number of aliphatic carboxylic acids is 4. The van der Waals surface area contributed by atoms with Gasteiger partial charge in [-0.2, -0.15) is 0 Å². The van der Waals surface area contributed by atoms with Crippen molar-refractivity contribution in [3.63, 3.8) is 0 Å². The van der Waals surface area contributed by atoms with E-state index in [2.05, 4.69) is 65.2 Å². The van der Waals surface area contributed by atoms with Gasteiger partial charge in [0.1, 0.15) is 5.82 Å². The van der Waals surface area contributed by atoms with Gasteiger partial charge in [-0.3, -0.25) is 0 Å². The minimum Gasteiger partial charge on any atom is -0.478 e. The van der Waals surface area contributed by atoms with Crippen molar-refractivity contribution >= 4 is 51.5 Å². The van der Waals surface area contributed by atoms with Crippen molar-refractivity contribution in [2.45, 2.75) is 27.2 Å². The normalized spacial score (nSPS) is 10.8. The Bertz CT molecular complexity index is 1260. The van der Waals surface area contributed by atoms with Crippen LogP contribution in [0.15, 0.2) is 54.8 Å². The average Bonchev–Trinajstić information content (AvgIpc) is 3.29. The monoisotopic (exact) mass is 542 g/mol. The molecule has 2 heterocycles. The lowest BCUT2D eigenvalue weighted by atomic mass is 10.1. The first-order valence-electron chi connectivity index (χ1n) is 12.1. The van der Waals surface area contributed by atoms with E-state index in [4.69, 9.17) is 20.4 Å². The number of carboxylic acids is 4. The molecular weight excluding hydrogens is 508 g/mol. The topological polar surface area (TPSA) is 193 Å². The smallest absolute Gasteiger partial charge is 0.328 e. The highest BCUT2D eigenvalue weighted by molar-refractivity contribution is 6.13. The van der Waals surface area contributed by atoms with E-state index >= 15 is 0 Å². The second-order valence-corrected chi connectivity index (χ2v) is 8.04. The number of H-pyrrole nitrogens is 1. The third kappa shape index (κ3) is 11.9. The van der Waals surface area contributed by atoms with Gasteiger partial charge in [0, 0.05) is 53.3 Å². The number of fused-ring (bicyclic) bond motifs is 3. The number of rotatable bonds is 11. The van der Waals surface area contributed by atoms with Crippen molar-refractivity contribution in [2.75, 3.05) is 31.5 Å². The van der Waals surface area contributed by atoms with Gasteiger partial charge in [-0.25, -0.2) is 24.2 Å². The number of aromatic amines is 1. The maximum atomic E-state index is 9.55. The van der Waals surface area contributed by atoms with Crippen LogP contribution < -0.4 is 5.32 Å². The molecule has 3 aromatic rings. The van der Waals surface area contributed by atoms with Crippen LogP contribution in [-0.4, -0.2) is 85.4 Å². The van der Waals surface area contributed by atoms with E-state index in [9.17, 15) is 19.2 Å². The first kappa shape index (κ1) is 32.3. The zero-order chi connectivity index (χ0) is 29.4. The number of aromatic nitrogens is 2. The van der Waals surface area contributed by atoms with Gasteiger partial charge < -0.3 is 35.6 Å². The summed E-state index contributed by atoms with van der Waals surface area (Å²) in [6, 6.07) is 8.44. The third-order valence-corrected chi connectivity index (χ3v) is 5.30. The number of nitrogens with zero attached hydrogens (tertiary/aromatic N) is 2. The molecule has 0 bridgehead atoms. The lowest BCUT2D eigenvalue weighted by Gasteiger charge is -2.18. The number of hydrogen-bond donors (Lipinski definition) is 6. The first-order valence-corrected chi connectivity index (χ1v) is 12.1. The first-order chi connectivity index (χ1) is 18.5. The Morgan fingerprint density at radius 1 is 0.897 bits per heavy atom. The number of pyridine rings is 1. The quantitative estimate of drug-likeness (QED) is 0.153. The van der Waals surface area contributed by atoms with Gasteiger partial charge in [0.05, 0.1) is 5.52 Å². The van der Waals surface area contributed by atoms with Crippen LogP contribution >= 0.6 is 0 Å². The molecule has 210 valence electrons. The maximum absolute atomic E-state index is 9.55. The number of carbonyl (C=O) groups is 4. The second-order valence-electron chi connectivity index (χ2n) is 8.04. The summed E-state index contributed by atoms with van der Waals surface area (Å²) in [7, 11) is 0. The minimum absolute atomic E-state index is 0.558. The minimum atomic E-state index is -1.26. The van der Waals surface area contributed by atoms with E-state index in [1.54, 1.807) is 0 Å². The van der Waals surface area contributed by atoms with Crippen LogP contribution in [0.25, 0.3) is 21.8 Å². The number of para-hydroxylation sites is 1. The van der Waals surface area contributed by atoms with E-state index in [1.165, 1.54) is 27.4 Å².